The second kappa shape index (κ2) is 8.05. The van der Waals surface area contributed by atoms with Crippen LogP contribution >= 0.6 is 11.8 Å². The van der Waals surface area contributed by atoms with Crippen molar-refractivity contribution in [3.05, 3.63) is 72.5 Å². The summed E-state index contributed by atoms with van der Waals surface area (Å²) in [4.78, 5) is 38.2. The number of hydrogen-bond donors (Lipinski definition) is 1. The first-order valence-corrected chi connectivity index (χ1v) is 10.1. The molecule has 7 heteroatoms. The van der Waals surface area contributed by atoms with Gasteiger partial charge in [-0.25, -0.2) is 9.29 Å². The van der Waals surface area contributed by atoms with E-state index >= 15 is 0 Å². The molecule has 1 saturated heterocycles. The molecular weight excluding hydrogens is 391 g/mol. The summed E-state index contributed by atoms with van der Waals surface area (Å²) >= 11 is 1.13. The van der Waals surface area contributed by atoms with Crippen molar-refractivity contribution in [2.45, 2.75) is 11.7 Å². The van der Waals surface area contributed by atoms with Gasteiger partial charge in [-0.3, -0.25) is 14.4 Å². The van der Waals surface area contributed by atoms with Crippen LogP contribution in [-0.2, 0) is 14.4 Å². The normalized spacial score (nSPS) is 16.4. The highest BCUT2D eigenvalue weighted by Crippen LogP contribution is 2.30. The van der Waals surface area contributed by atoms with Crippen LogP contribution in [0.3, 0.4) is 0 Å². The molecule has 1 atom stereocenters. The number of nitrogens with zero attached hydrogens (tertiary/aromatic N) is 1. The van der Waals surface area contributed by atoms with Crippen molar-refractivity contribution >= 4 is 51.6 Å². The molecule has 0 saturated carbocycles. The Morgan fingerprint density at radius 2 is 1.76 bits per heavy atom. The number of hydrogen-bond acceptors (Lipinski definition) is 4. The molecule has 1 fully saturated rings. The zero-order valence-corrected chi connectivity index (χ0v) is 16.1. The van der Waals surface area contributed by atoms with Crippen LogP contribution in [0.25, 0.3) is 10.8 Å². The molecule has 1 aliphatic rings. The third kappa shape index (κ3) is 4.14. The van der Waals surface area contributed by atoms with Crippen molar-refractivity contribution in [3.63, 3.8) is 0 Å². The maximum Gasteiger partial charge on any atom is 0.247 e. The van der Waals surface area contributed by atoms with E-state index in [0.29, 0.717) is 11.4 Å². The average molecular weight is 408 g/mol. The molecule has 1 heterocycles. The number of nitrogens with one attached hydrogen (secondary N) is 1. The first-order valence-electron chi connectivity index (χ1n) is 9.04. The lowest BCUT2D eigenvalue weighted by Crippen LogP contribution is -2.31. The van der Waals surface area contributed by atoms with Gasteiger partial charge in [0, 0.05) is 12.1 Å². The lowest BCUT2D eigenvalue weighted by Gasteiger charge is -2.14. The predicted molar refractivity (Wildman–Crippen MR) is 112 cm³/mol. The second-order valence-electron chi connectivity index (χ2n) is 6.66. The summed E-state index contributed by atoms with van der Waals surface area (Å²) in [6.45, 7) is 0. The van der Waals surface area contributed by atoms with E-state index in [9.17, 15) is 18.8 Å². The maximum absolute atomic E-state index is 13.1. The molecule has 4 rings (SSSR count). The largest absolute Gasteiger partial charge is 0.325 e. The molecule has 29 heavy (non-hydrogen) atoms. The van der Waals surface area contributed by atoms with E-state index in [1.807, 2.05) is 42.5 Å². The van der Waals surface area contributed by atoms with Gasteiger partial charge in [0.2, 0.25) is 17.7 Å². The van der Waals surface area contributed by atoms with Crippen molar-refractivity contribution in [1.29, 1.82) is 0 Å². The number of imide groups is 1. The lowest BCUT2D eigenvalue weighted by molar-refractivity contribution is -0.121. The SMILES string of the molecule is O=C(CS[C@@H]1CC(=O)N(c2ccc(F)cc2)C1=O)Nc1ccc2ccccc2c1. The van der Waals surface area contributed by atoms with Gasteiger partial charge in [-0.1, -0.05) is 30.3 Å². The van der Waals surface area contributed by atoms with Crippen LogP contribution in [0.4, 0.5) is 15.8 Å². The zero-order chi connectivity index (χ0) is 20.4. The van der Waals surface area contributed by atoms with Crippen LogP contribution < -0.4 is 10.2 Å². The number of thioether (sulfide) groups is 1. The van der Waals surface area contributed by atoms with Crippen LogP contribution in [0, 0.1) is 5.82 Å². The second-order valence-corrected chi connectivity index (χ2v) is 7.85. The molecule has 146 valence electrons. The molecular formula is C22H17FN2O3S. The summed E-state index contributed by atoms with van der Waals surface area (Å²) in [5.74, 6) is -1.37. The molecule has 3 aromatic carbocycles. The molecule has 1 aliphatic heterocycles. The molecule has 3 aromatic rings. The van der Waals surface area contributed by atoms with E-state index < -0.39 is 11.1 Å². The van der Waals surface area contributed by atoms with E-state index in [2.05, 4.69) is 5.32 Å². The molecule has 5 nitrogen and oxygen atoms in total. The Hall–Kier alpha value is -3.19. The van der Waals surface area contributed by atoms with Gasteiger partial charge in [0.15, 0.2) is 0 Å². The van der Waals surface area contributed by atoms with Crippen molar-refractivity contribution in [3.8, 4) is 0 Å². The van der Waals surface area contributed by atoms with E-state index in [1.54, 1.807) is 0 Å². The average Bonchev–Trinajstić information content (AvgIpc) is 3.00. The van der Waals surface area contributed by atoms with Gasteiger partial charge < -0.3 is 5.32 Å². The number of carbonyl (C=O) groups excluding carboxylic acids is 3. The van der Waals surface area contributed by atoms with Crippen LogP contribution in [-0.4, -0.2) is 28.7 Å². The lowest BCUT2D eigenvalue weighted by atomic mass is 10.1. The number of halogens is 1. The molecule has 0 aliphatic carbocycles. The van der Waals surface area contributed by atoms with E-state index in [1.165, 1.54) is 24.3 Å². The smallest absolute Gasteiger partial charge is 0.247 e. The van der Waals surface area contributed by atoms with Gasteiger partial charge in [-0.15, -0.1) is 11.8 Å². The molecule has 3 amide bonds. The summed E-state index contributed by atoms with van der Waals surface area (Å²) in [5, 5.41) is 4.29. The standard InChI is InChI=1S/C22H17FN2O3S/c23-16-6-9-18(10-7-16)25-21(27)12-19(22(25)28)29-13-20(26)24-17-8-5-14-3-1-2-4-15(14)11-17/h1-11,19H,12-13H2,(H,24,26)/t19-/m1/s1. The monoisotopic (exact) mass is 408 g/mol. The summed E-state index contributed by atoms with van der Waals surface area (Å²) in [7, 11) is 0. The Labute approximate surface area is 170 Å². The fourth-order valence-corrected chi connectivity index (χ4v) is 4.17. The predicted octanol–water partition coefficient (Wildman–Crippen LogP) is 3.98. The van der Waals surface area contributed by atoms with Crippen molar-refractivity contribution < 1.29 is 18.8 Å². The molecule has 0 aromatic heterocycles. The fourth-order valence-electron chi connectivity index (χ4n) is 3.24. The minimum absolute atomic E-state index is 0.0180. The van der Waals surface area contributed by atoms with Crippen molar-refractivity contribution in [1.82, 2.24) is 0 Å². The van der Waals surface area contributed by atoms with Gasteiger partial charge in [-0.05, 0) is 47.2 Å². The number of benzene rings is 3. The van der Waals surface area contributed by atoms with E-state index in [0.717, 1.165) is 27.4 Å². The number of amides is 3. The Morgan fingerprint density at radius 3 is 2.52 bits per heavy atom. The molecule has 0 bridgehead atoms. The highest BCUT2D eigenvalue weighted by molar-refractivity contribution is 8.01. The van der Waals surface area contributed by atoms with E-state index in [-0.39, 0.29) is 29.9 Å². The highest BCUT2D eigenvalue weighted by atomic mass is 32.2. The van der Waals surface area contributed by atoms with Crippen molar-refractivity contribution in [2.24, 2.45) is 0 Å². The maximum atomic E-state index is 13.1. The summed E-state index contributed by atoms with van der Waals surface area (Å²) < 4.78 is 13.1. The Bertz CT molecular complexity index is 1100. The Balaban J connectivity index is 1.37. The first-order chi connectivity index (χ1) is 14.0. The first kappa shape index (κ1) is 19.1. The minimum Gasteiger partial charge on any atom is -0.325 e. The van der Waals surface area contributed by atoms with Gasteiger partial charge in [-0.2, -0.15) is 0 Å². The topological polar surface area (TPSA) is 66.5 Å². The third-order valence-electron chi connectivity index (χ3n) is 4.64. The number of rotatable bonds is 5. The fraction of sp³-hybridized carbons (Fsp3) is 0.136. The molecule has 0 unspecified atom stereocenters. The van der Waals surface area contributed by atoms with Crippen molar-refractivity contribution in [2.75, 3.05) is 16.0 Å². The van der Waals surface area contributed by atoms with Crippen LogP contribution in [0.1, 0.15) is 6.42 Å². The van der Waals surface area contributed by atoms with Crippen LogP contribution in [0.15, 0.2) is 66.7 Å². The third-order valence-corrected chi connectivity index (χ3v) is 5.84. The van der Waals surface area contributed by atoms with Crippen LogP contribution in [0.2, 0.25) is 0 Å². The van der Waals surface area contributed by atoms with Gasteiger partial charge in [0.05, 0.1) is 16.7 Å². The van der Waals surface area contributed by atoms with Gasteiger partial charge >= 0.3 is 0 Å². The van der Waals surface area contributed by atoms with Crippen LogP contribution in [0.5, 0.6) is 0 Å². The number of fused-ring (bicyclic) bond motifs is 1. The Kier molecular flexibility index (Phi) is 5.31. The molecule has 1 N–H and O–H groups in total. The molecule has 0 spiro atoms. The summed E-state index contributed by atoms with van der Waals surface area (Å²) in [6, 6.07) is 18.7. The van der Waals surface area contributed by atoms with E-state index in [4.69, 9.17) is 0 Å². The summed E-state index contributed by atoms with van der Waals surface area (Å²) in [6.07, 6.45) is 0.0180. The summed E-state index contributed by atoms with van der Waals surface area (Å²) in [5.41, 5.74) is 1.01. The number of anilines is 2. The van der Waals surface area contributed by atoms with Gasteiger partial charge in [0.25, 0.3) is 0 Å². The quantitative estimate of drug-likeness (QED) is 0.649. The number of carbonyl (C=O) groups is 3. The van der Waals surface area contributed by atoms with Gasteiger partial charge in [0.1, 0.15) is 5.82 Å². The minimum atomic E-state index is -0.630. The Morgan fingerprint density at radius 1 is 1.03 bits per heavy atom. The molecule has 0 radical (unpaired) electrons. The highest BCUT2D eigenvalue weighted by Gasteiger charge is 2.40. The zero-order valence-electron chi connectivity index (χ0n) is 15.3.